The number of aromatic nitrogens is 2. The van der Waals surface area contributed by atoms with Gasteiger partial charge in [-0.3, -0.25) is 4.72 Å². The highest BCUT2D eigenvalue weighted by molar-refractivity contribution is 7.93. The first-order valence-electron chi connectivity index (χ1n) is 7.26. The van der Waals surface area contributed by atoms with Crippen molar-refractivity contribution in [3.63, 3.8) is 0 Å². The van der Waals surface area contributed by atoms with Gasteiger partial charge in [-0.2, -0.15) is 4.37 Å². The summed E-state index contributed by atoms with van der Waals surface area (Å²) in [4.78, 5) is 3.82. The Morgan fingerprint density at radius 3 is 2.60 bits per heavy atom. The zero-order chi connectivity index (χ0) is 17.9. The van der Waals surface area contributed by atoms with Gasteiger partial charge in [0.15, 0.2) is 0 Å². The topological polar surface area (TPSA) is 81.2 Å². The fourth-order valence-corrected chi connectivity index (χ4v) is 4.10. The van der Waals surface area contributed by atoms with E-state index in [0.29, 0.717) is 5.75 Å². The van der Waals surface area contributed by atoms with Crippen molar-refractivity contribution in [2.24, 2.45) is 0 Å². The van der Waals surface area contributed by atoms with E-state index >= 15 is 0 Å². The Balaban J connectivity index is 1.79. The lowest BCUT2D eigenvalue weighted by atomic mass is 10.1. The van der Waals surface area contributed by atoms with Crippen LogP contribution in [0, 0.1) is 0 Å². The molecule has 0 aliphatic rings. The first-order chi connectivity index (χ1) is 12.0. The molecule has 0 aliphatic heterocycles. The lowest BCUT2D eigenvalue weighted by Gasteiger charge is -2.16. The Morgan fingerprint density at radius 2 is 1.96 bits per heavy atom. The molecule has 3 aromatic rings. The van der Waals surface area contributed by atoms with Crippen LogP contribution in [0.1, 0.15) is 18.6 Å². The van der Waals surface area contributed by atoms with Gasteiger partial charge in [0.1, 0.15) is 18.2 Å². The number of ether oxygens (including phenoxy) is 1. The SMILES string of the molecule is C[C@@H](Oc1ccc(S(=O)(=O)Nc2ncns2)cc1Cl)c1ccccc1. The molecule has 0 spiro atoms. The lowest BCUT2D eigenvalue weighted by molar-refractivity contribution is 0.227. The van der Waals surface area contributed by atoms with Gasteiger partial charge in [0.05, 0.1) is 9.92 Å². The Hall–Kier alpha value is -2.16. The number of benzene rings is 2. The number of hydrogen-bond acceptors (Lipinski definition) is 6. The molecule has 130 valence electrons. The Labute approximate surface area is 154 Å². The Kier molecular flexibility index (Phi) is 5.22. The molecule has 0 radical (unpaired) electrons. The molecule has 0 fully saturated rings. The van der Waals surface area contributed by atoms with Gasteiger partial charge in [-0.05, 0) is 30.7 Å². The van der Waals surface area contributed by atoms with Crippen molar-refractivity contribution in [1.82, 2.24) is 9.36 Å². The summed E-state index contributed by atoms with van der Waals surface area (Å²) in [7, 11) is -3.79. The van der Waals surface area contributed by atoms with Crippen LogP contribution in [0.2, 0.25) is 5.02 Å². The minimum atomic E-state index is -3.79. The fraction of sp³-hybridized carbons (Fsp3) is 0.125. The smallest absolute Gasteiger partial charge is 0.263 e. The molecule has 6 nitrogen and oxygen atoms in total. The van der Waals surface area contributed by atoms with Crippen molar-refractivity contribution in [3.05, 3.63) is 65.4 Å². The van der Waals surface area contributed by atoms with Gasteiger partial charge in [0, 0.05) is 11.5 Å². The first-order valence-corrected chi connectivity index (χ1v) is 9.90. The quantitative estimate of drug-likeness (QED) is 0.678. The molecule has 0 unspecified atom stereocenters. The fourth-order valence-electron chi connectivity index (χ4n) is 2.12. The van der Waals surface area contributed by atoms with E-state index in [1.54, 1.807) is 0 Å². The average molecular weight is 396 g/mol. The zero-order valence-corrected chi connectivity index (χ0v) is 15.5. The van der Waals surface area contributed by atoms with Gasteiger partial charge in [0.25, 0.3) is 10.0 Å². The second kappa shape index (κ2) is 7.38. The third kappa shape index (κ3) is 4.28. The Morgan fingerprint density at radius 1 is 1.20 bits per heavy atom. The second-order valence-corrected chi connectivity index (χ2v) is 7.98. The molecule has 0 aliphatic carbocycles. The number of anilines is 1. The van der Waals surface area contributed by atoms with E-state index in [0.717, 1.165) is 17.1 Å². The van der Waals surface area contributed by atoms with Crippen LogP contribution in [-0.2, 0) is 10.0 Å². The molecule has 0 saturated heterocycles. The van der Waals surface area contributed by atoms with E-state index < -0.39 is 10.0 Å². The molecular weight excluding hydrogens is 382 g/mol. The minimum absolute atomic E-state index is 0.0208. The first kappa shape index (κ1) is 17.7. The van der Waals surface area contributed by atoms with Crippen molar-refractivity contribution < 1.29 is 13.2 Å². The van der Waals surface area contributed by atoms with Crippen molar-refractivity contribution >= 4 is 38.3 Å². The van der Waals surface area contributed by atoms with Crippen LogP contribution in [0.15, 0.2) is 59.8 Å². The third-order valence-electron chi connectivity index (χ3n) is 3.37. The van der Waals surface area contributed by atoms with Crippen LogP contribution in [0.25, 0.3) is 0 Å². The highest BCUT2D eigenvalue weighted by Gasteiger charge is 2.18. The van der Waals surface area contributed by atoms with Gasteiger partial charge in [-0.1, -0.05) is 41.9 Å². The Bertz CT molecular complexity index is 948. The molecule has 1 atom stereocenters. The van der Waals surface area contributed by atoms with Crippen molar-refractivity contribution in [2.45, 2.75) is 17.9 Å². The highest BCUT2D eigenvalue weighted by Crippen LogP contribution is 2.31. The van der Waals surface area contributed by atoms with Crippen LogP contribution in [-0.4, -0.2) is 17.8 Å². The molecule has 0 amide bonds. The summed E-state index contributed by atoms with van der Waals surface area (Å²) >= 11 is 7.16. The molecule has 1 N–H and O–H groups in total. The van der Waals surface area contributed by atoms with Crippen molar-refractivity contribution in [3.8, 4) is 5.75 Å². The molecular formula is C16H14ClN3O3S2. The minimum Gasteiger partial charge on any atom is -0.484 e. The molecule has 2 aromatic carbocycles. The molecule has 3 rings (SSSR count). The van der Waals surface area contributed by atoms with Gasteiger partial charge in [0.2, 0.25) is 5.13 Å². The van der Waals surface area contributed by atoms with Crippen LogP contribution in [0.5, 0.6) is 5.75 Å². The summed E-state index contributed by atoms with van der Waals surface area (Å²) in [6.07, 6.45) is 1.05. The molecule has 1 aromatic heterocycles. The lowest BCUT2D eigenvalue weighted by Crippen LogP contribution is -2.13. The van der Waals surface area contributed by atoms with Gasteiger partial charge in [-0.25, -0.2) is 13.4 Å². The summed E-state index contributed by atoms with van der Waals surface area (Å²) in [5, 5.41) is 0.400. The summed E-state index contributed by atoms with van der Waals surface area (Å²) in [6.45, 7) is 1.90. The number of hydrogen-bond donors (Lipinski definition) is 1. The third-order valence-corrected chi connectivity index (χ3v) is 5.71. The average Bonchev–Trinajstić information content (AvgIpc) is 3.09. The van der Waals surface area contributed by atoms with Crippen LogP contribution in [0.4, 0.5) is 5.13 Å². The molecule has 9 heteroatoms. The monoisotopic (exact) mass is 395 g/mol. The molecule has 1 heterocycles. The van der Waals surface area contributed by atoms with E-state index in [1.165, 1.54) is 24.5 Å². The maximum atomic E-state index is 12.3. The van der Waals surface area contributed by atoms with E-state index in [1.807, 2.05) is 37.3 Å². The number of nitrogens with zero attached hydrogens (tertiary/aromatic N) is 2. The summed E-state index contributed by atoms with van der Waals surface area (Å²) < 4.78 is 36.6. The predicted molar refractivity (Wildman–Crippen MR) is 97.7 cm³/mol. The van der Waals surface area contributed by atoms with Gasteiger partial charge >= 0.3 is 0 Å². The van der Waals surface area contributed by atoms with E-state index in [2.05, 4.69) is 14.1 Å². The van der Waals surface area contributed by atoms with Crippen molar-refractivity contribution in [1.29, 1.82) is 0 Å². The largest absolute Gasteiger partial charge is 0.484 e. The van der Waals surface area contributed by atoms with Gasteiger partial charge in [-0.15, -0.1) is 0 Å². The van der Waals surface area contributed by atoms with Crippen LogP contribution >= 0.6 is 23.1 Å². The molecule has 0 bridgehead atoms. The summed E-state index contributed by atoms with van der Waals surface area (Å²) in [5.74, 6) is 0.410. The van der Waals surface area contributed by atoms with E-state index in [-0.39, 0.29) is 21.2 Å². The van der Waals surface area contributed by atoms with E-state index in [9.17, 15) is 8.42 Å². The van der Waals surface area contributed by atoms with Gasteiger partial charge < -0.3 is 4.74 Å². The van der Waals surface area contributed by atoms with E-state index in [4.69, 9.17) is 16.3 Å². The zero-order valence-electron chi connectivity index (χ0n) is 13.1. The maximum Gasteiger partial charge on any atom is 0.263 e. The number of rotatable bonds is 6. The maximum absolute atomic E-state index is 12.3. The summed E-state index contributed by atoms with van der Waals surface area (Å²) in [6, 6.07) is 14.0. The van der Waals surface area contributed by atoms with Crippen molar-refractivity contribution in [2.75, 3.05) is 4.72 Å². The summed E-state index contributed by atoms with van der Waals surface area (Å²) in [5.41, 5.74) is 0.994. The van der Waals surface area contributed by atoms with Crippen LogP contribution < -0.4 is 9.46 Å². The molecule has 0 saturated carbocycles. The predicted octanol–water partition coefficient (Wildman–Crippen LogP) is 4.13. The van der Waals surface area contributed by atoms with Crippen LogP contribution in [0.3, 0.4) is 0 Å². The number of nitrogens with one attached hydrogen (secondary N) is 1. The second-order valence-electron chi connectivity index (χ2n) is 5.11. The molecule has 25 heavy (non-hydrogen) atoms. The number of sulfonamides is 1. The number of halogens is 1. The highest BCUT2D eigenvalue weighted by atomic mass is 35.5. The normalized spacial score (nSPS) is 12.6. The standard InChI is InChI=1S/C16H14ClN3O3S2/c1-11(12-5-3-2-4-6-12)23-15-8-7-13(9-14(15)17)25(21,22)20-16-18-10-19-24-16/h2-11H,1H3,(H,18,19,20)/t11-/m1/s1.